The Morgan fingerprint density at radius 3 is 2.95 bits per heavy atom. The highest BCUT2D eigenvalue weighted by Gasteiger charge is 2.32. The Labute approximate surface area is 132 Å². The first-order valence-electron chi connectivity index (χ1n) is 5.77. The van der Waals surface area contributed by atoms with E-state index in [2.05, 4.69) is 48.0 Å². The second kappa shape index (κ2) is 6.27. The third-order valence-corrected chi connectivity index (χ3v) is 4.09. The monoisotopic (exact) mass is 397 g/mol. The maximum absolute atomic E-state index is 12.1. The number of nitriles is 1. The van der Waals surface area contributed by atoms with E-state index in [1.54, 1.807) is 17.0 Å². The van der Waals surface area contributed by atoms with Crippen molar-refractivity contribution in [3.05, 3.63) is 37.1 Å². The number of hydrogen-bond donors (Lipinski definition) is 0. The molecule has 1 aliphatic heterocycles. The van der Waals surface area contributed by atoms with Gasteiger partial charge in [0.05, 0.1) is 11.3 Å². The minimum Gasteiger partial charge on any atom is -0.310 e. The van der Waals surface area contributed by atoms with Gasteiger partial charge in [-0.1, -0.05) is 21.0 Å². The molecular formula is C12H9Br2N5O. The second-order valence-electron chi connectivity index (χ2n) is 4.38. The molecule has 0 spiro atoms. The third kappa shape index (κ3) is 2.96. The number of amides is 1. The molecule has 0 saturated carbocycles. The number of anilines is 1. The van der Waals surface area contributed by atoms with E-state index in [4.69, 9.17) is 5.53 Å². The summed E-state index contributed by atoms with van der Waals surface area (Å²) >= 11 is 6.71. The zero-order valence-corrected chi connectivity index (χ0v) is 13.4. The summed E-state index contributed by atoms with van der Waals surface area (Å²) < 4.78 is 1.45. The summed E-state index contributed by atoms with van der Waals surface area (Å²) in [6.07, 6.45) is 0.326. The molecule has 0 radical (unpaired) electrons. The molecule has 1 aromatic carbocycles. The average Bonchev–Trinajstić information content (AvgIpc) is 2.76. The average molecular weight is 399 g/mol. The lowest BCUT2D eigenvalue weighted by Crippen LogP contribution is -2.26. The van der Waals surface area contributed by atoms with E-state index in [0.717, 1.165) is 4.47 Å². The van der Waals surface area contributed by atoms with Gasteiger partial charge < -0.3 is 4.90 Å². The molecule has 0 bridgehead atoms. The molecule has 0 aliphatic carbocycles. The summed E-state index contributed by atoms with van der Waals surface area (Å²) in [7, 11) is 0. The molecule has 102 valence electrons. The van der Waals surface area contributed by atoms with Gasteiger partial charge in [-0.25, -0.2) is 0 Å². The van der Waals surface area contributed by atoms with Crippen molar-refractivity contribution in [3.63, 3.8) is 0 Å². The molecule has 2 rings (SSSR count). The van der Waals surface area contributed by atoms with Crippen LogP contribution in [0.25, 0.3) is 10.4 Å². The summed E-state index contributed by atoms with van der Waals surface area (Å²) in [6.45, 7) is 0.738. The zero-order valence-electron chi connectivity index (χ0n) is 10.3. The number of benzene rings is 1. The van der Waals surface area contributed by atoms with E-state index in [-0.39, 0.29) is 18.4 Å². The van der Waals surface area contributed by atoms with Crippen molar-refractivity contribution < 1.29 is 4.79 Å². The summed E-state index contributed by atoms with van der Waals surface area (Å²) in [5.74, 6) is -0.0804. The molecule has 1 unspecified atom stereocenters. The van der Waals surface area contributed by atoms with Gasteiger partial charge >= 0.3 is 0 Å². The molecular weight excluding hydrogens is 390 g/mol. The predicted octanol–water partition coefficient (Wildman–Crippen LogP) is 3.75. The second-order valence-corrected chi connectivity index (χ2v) is 6.15. The van der Waals surface area contributed by atoms with Crippen molar-refractivity contribution in [1.82, 2.24) is 0 Å². The normalized spacial score (nSPS) is 17.8. The van der Waals surface area contributed by atoms with Crippen LogP contribution in [0.4, 0.5) is 5.69 Å². The van der Waals surface area contributed by atoms with E-state index in [1.807, 2.05) is 0 Å². The Balaban J connectivity index is 2.35. The summed E-state index contributed by atoms with van der Waals surface area (Å²) in [4.78, 5) is 16.4. The van der Waals surface area contributed by atoms with Gasteiger partial charge in [-0.05, 0) is 39.5 Å². The van der Waals surface area contributed by atoms with Crippen LogP contribution in [-0.4, -0.2) is 19.0 Å². The van der Waals surface area contributed by atoms with Gasteiger partial charge in [-0.15, -0.1) is 0 Å². The molecule has 1 aromatic rings. The molecule has 1 fully saturated rings. The van der Waals surface area contributed by atoms with Gasteiger partial charge in [0.2, 0.25) is 5.91 Å². The van der Waals surface area contributed by atoms with Crippen LogP contribution in [0.3, 0.4) is 0 Å². The number of hydrogen-bond acceptors (Lipinski definition) is 3. The van der Waals surface area contributed by atoms with Crippen LogP contribution in [0, 0.1) is 17.2 Å². The molecule has 1 saturated heterocycles. The van der Waals surface area contributed by atoms with Gasteiger partial charge in [0.1, 0.15) is 6.07 Å². The van der Waals surface area contributed by atoms with E-state index in [9.17, 15) is 10.1 Å². The first-order chi connectivity index (χ1) is 9.56. The number of rotatable bonds is 3. The molecule has 8 heteroatoms. The number of nitrogens with zero attached hydrogens (tertiary/aromatic N) is 5. The standard InChI is InChI=1S/C12H9Br2N5O/c13-9-2-8(4-15)12(10(14)3-9)19-6-7(1-11(19)20)5-17-18-16/h2-3,7H,1,5-6H2. The summed E-state index contributed by atoms with van der Waals surface area (Å²) in [6, 6.07) is 5.57. The fourth-order valence-electron chi connectivity index (χ4n) is 2.20. The lowest BCUT2D eigenvalue weighted by atomic mass is 10.1. The number of carbonyl (C=O) groups is 1. The molecule has 0 N–H and O–H groups in total. The maximum Gasteiger partial charge on any atom is 0.227 e. The minimum absolute atomic E-state index is 0.0134. The van der Waals surface area contributed by atoms with Gasteiger partial charge in [0, 0.05) is 33.4 Å². The topological polar surface area (TPSA) is 92.9 Å². The van der Waals surface area contributed by atoms with E-state index < -0.39 is 0 Å². The van der Waals surface area contributed by atoms with Crippen LogP contribution in [0.1, 0.15) is 12.0 Å². The summed E-state index contributed by atoms with van der Waals surface area (Å²) in [5.41, 5.74) is 9.33. The van der Waals surface area contributed by atoms with Crippen molar-refractivity contribution in [2.45, 2.75) is 6.42 Å². The maximum atomic E-state index is 12.1. The Morgan fingerprint density at radius 1 is 1.55 bits per heavy atom. The van der Waals surface area contributed by atoms with E-state index in [0.29, 0.717) is 28.7 Å². The van der Waals surface area contributed by atoms with E-state index >= 15 is 0 Å². The van der Waals surface area contributed by atoms with E-state index in [1.165, 1.54) is 0 Å². The van der Waals surface area contributed by atoms with Crippen molar-refractivity contribution in [2.24, 2.45) is 11.0 Å². The number of azide groups is 1. The van der Waals surface area contributed by atoms with Gasteiger partial charge in [-0.3, -0.25) is 4.79 Å². The number of halogens is 2. The molecule has 1 aliphatic rings. The molecule has 0 aromatic heterocycles. The Morgan fingerprint density at radius 2 is 2.30 bits per heavy atom. The molecule has 20 heavy (non-hydrogen) atoms. The Bertz CT molecular complexity index is 648. The quantitative estimate of drug-likeness (QED) is 0.440. The van der Waals surface area contributed by atoms with Crippen LogP contribution >= 0.6 is 31.9 Å². The highest BCUT2D eigenvalue weighted by molar-refractivity contribution is 9.11. The molecule has 1 amide bonds. The summed E-state index contributed by atoms with van der Waals surface area (Å²) in [5, 5.41) is 12.7. The first kappa shape index (κ1) is 14.9. The van der Waals surface area contributed by atoms with Gasteiger partial charge in [0.15, 0.2) is 0 Å². The van der Waals surface area contributed by atoms with Crippen LogP contribution in [0.5, 0.6) is 0 Å². The van der Waals surface area contributed by atoms with Crippen molar-refractivity contribution in [2.75, 3.05) is 18.0 Å². The first-order valence-corrected chi connectivity index (χ1v) is 7.35. The highest BCUT2D eigenvalue weighted by atomic mass is 79.9. The minimum atomic E-state index is -0.0670. The smallest absolute Gasteiger partial charge is 0.227 e. The van der Waals surface area contributed by atoms with Crippen molar-refractivity contribution in [1.29, 1.82) is 5.26 Å². The lowest BCUT2D eigenvalue weighted by Gasteiger charge is -2.20. The lowest BCUT2D eigenvalue weighted by molar-refractivity contribution is -0.117. The molecule has 1 atom stereocenters. The highest BCUT2D eigenvalue weighted by Crippen LogP contribution is 2.36. The fourth-order valence-corrected chi connectivity index (χ4v) is 3.64. The predicted molar refractivity (Wildman–Crippen MR) is 81.0 cm³/mol. The van der Waals surface area contributed by atoms with Gasteiger partial charge in [0.25, 0.3) is 0 Å². The van der Waals surface area contributed by atoms with Crippen molar-refractivity contribution >= 4 is 43.5 Å². The Kier molecular flexibility index (Phi) is 4.65. The SMILES string of the molecule is N#Cc1cc(Br)cc(Br)c1N1CC(CN=[N+]=[N-])CC1=O. The van der Waals surface area contributed by atoms with Crippen LogP contribution in [0.2, 0.25) is 0 Å². The number of carbonyl (C=O) groups excluding carboxylic acids is 1. The van der Waals surface area contributed by atoms with Crippen molar-refractivity contribution in [3.8, 4) is 6.07 Å². The van der Waals surface area contributed by atoms with Crippen LogP contribution in [-0.2, 0) is 4.79 Å². The molecule has 1 heterocycles. The zero-order chi connectivity index (χ0) is 14.7. The molecule has 6 nitrogen and oxygen atoms in total. The third-order valence-electron chi connectivity index (χ3n) is 3.03. The largest absolute Gasteiger partial charge is 0.310 e. The fraction of sp³-hybridized carbons (Fsp3) is 0.333. The Hall–Kier alpha value is -1.55. The van der Waals surface area contributed by atoms with Crippen LogP contribution in [0.15, 0.2) is 26.2 Å². The van der Waals surface area contributed by atoms with Gasteiger partial charge in [-0.2, -0.15) is 5.26 Å². The van der Waals surface area contributed by atoms with Crippen LogP contribution < -0.4 is 4.90 Å².